The summed E-state index contributed by atoms with van der Waals surface area (Å²) in [5, 5.41) is 6.88. The van der Waals surface area contributed by atoms with Gasteiger partial charge >= 0.3 is 0 Å². The summed E-state index contributed by atoms with van der Waals surface area (Å²) in [5.41, 5.74) is 2.40. The van der Waals surface area contributed by atoms with Crippen LogP contribution in [0.3, 0.4) is 0 Å². The van der Waals surface area contributed by atoms with Crippen LogP contribution in [0.2, 0.25) is 10.0 Å². The maximum absolute atomic E-state index is 11.9. The Morgan fingerprint density at radius 1 is 1.35 bits per heavy atom. The molecule has 1 aliphatic heterocycles. The molecule has 1 heterocycles. The van der Waals surface area contributed by atoms with E-state index in [0.29, 0.717) is 15.7 Å². The molecule has 1 aliphatic rings. The van der Waals surface area contributed by atoms with Crippen LogP contribution in [0.15, 0.2) is 29.3 Å². The number of benzene rings is 1. The zero-order valence-electron chi connectivity index (χ0n) is 9.31. The second-order valence-corrected chi connectivity index (χ2v) is 4.75. The number of hydrogen-bond donors (Lipinski definition) is 2. The summed E-state index contributed by atoms with van der Waals surface area (Å²) in [6.45, 7) is 3.37. The van der Waals surface area contributed by atoms with Crippen LogP contribution in [0, 0.1) is 0 Å². The molecular formula is C12H12Cl2N2O. The second kappa shape index (κ2) is 5.08. The molecule has 0 atom stereocenters. The van der Waals surface area contributed by atoms with Crippen molar-refractivity contribution < 1.29 is 4.79 Å². The molecule has 1 amide bonds. The predicted octanol–water partition coefficient (Wildman–Crippen LogP) is 2.85. The van der Waals surface area contributed by atoms with E-state index in [1.807, 2.05) is 6.92 Å². The first kappa shape index (κ1) is 12.4. The maximum atomic E-state index is 11.9. The van der Waals surface area contributed by atoms with E-state index in [4.69, 9.17) is 23.2 Å². The lowest BCUT2D eigenvalue weighted by atomic mass is 10.0. The summed E-state index contributed by atoms with van der Waals surface area (Å²) in [6, 6.07) is 4.98. The van der Waals surface area contributed by atoms with Crippen molar-refractivity contribution in [3.05, 3.63) is 39.4 Å². The zero-order chi connectivity index (χ0) is 12.4. The normalized spacial score (nSPS) is 14.2. The quantitative estimate of drug-likeness (QED) is 0.812. The number of rotatable bonds is 2. The van der Waals surface area contributed by atoms with Crippen LogP contribution in [0.5, 0.6) is 0 Å². The van der Waals surface area contributed by atoms with Crippen molar-refractivity contribution in [3.8, 4) is 0 Å². The van der Waals surface area contributed by atoms with Gasteiger partial charge in [-0.1, -0.05) is 23.2 Å². The molecule has 0 bridgehead atoms. The van der Waals surface area contributed by atoms with E-state index in [2.05, 4.69) is 10.6 Å². The highest BCUT2D eigenvalue weighted by molar-refractivity contribution is 6.35. The molecule has 0 aromatic heterocycles. The fourth-order valence-corrected chi connectivity index (χ4v) is 1.82. The van der Waals surface area contributed by atoms with Crippen molar-refractivity contribution >= 4 is 34.8 Å². The molecule has 0 spiro atoms. The van der Waals surface area contributed by atoms with Crippen LogP contribution < -0.4 is 10.6 Å². The smallest absolute Gasteiger partial charge is 0.251 e. The fourth-order valence-electron chi connectivity index (χ4n) is 1.49. The molecule has 0 radical (unpaired) electrons. The van der Waals surface area contributed by atoms with Crippen molar-refractivity contribution in [2.45, 2.75) is 6.92 Å². The topological polar surface area (TPSA) is 41.1 Å². The Kier molecular flexibility index (Phi) is 3.72. The summed E-state index contributed by atoms with van der Waals surface area (Å²) in [7, 11) is 0. The minimum absolute atomic E-state index is 0.134. The molecule has 1 fully saturated rings. The van der Waals surface area contributed by atoms with Gasteiger partial charge in [-0.15, -0.1) is 0 Å². The van der Waals surface area contributed by atoms with Gasteiger partial charge in [0.25, 0.3) is 5.91 Å². The van der Waals surface area contributed by atoms with Crippen LogP contribution in [-0.4, -0.2) is 19.0 Å². The van der Waals surface area contributed by atoms with Gasteiger partial charge in [-0.05, 0) is 30.7 Å². The van der Waals surface area contributed by atoms with Gasteiger partial charge in [-0.2, -0.15) is 0 Å². The first-order valence-corrected chi connectivity index (χ1v) is 5.99. The second-order valence-electron chi connectivity index (χ2n) is 3.91. The van der Waals surface area contributed by atoms with Gasteiger partial charge in [0.05, 0.1) is 10.7 Å². The molecule has 1 aromatic rings. The summed E-state index contributed by atoms with van der Waals surface area (Å²) in [6.07, 6.45) is 0. The van der Waals surface area contributed by atoms with E-state index in [1.54, 1.807) is 18.2 Å². The number of carbonyl (C=O) groups is 1. The van der Waals surface area contributed by atoms with Crippen LogP contribution in [0.25, 0.3) is 0 Å². The Balaban J connectivity index is 2.15. The highest BCUT2D eigenvalue weighted by Crippen LogP contribution is 2.26. The fraction of sp³-hybridized carbons (Fsp3) is 0.250. The minimum Gasteiger partial charge on any atom is -0.321 e. The van der Waals surface area contributed by atoms with Crippen molar-refractivity contribution in [2.75, 3.05) is 18.4 Å². The van der Waals surface area contributed by atoms with E-state index in [9.17, 15) is 4.79 Å². The van der Waals surface area contributed by atoms with E-state index in [1.165, 1.54) is 0 Å². The summed E-state index contributed by atoms with van der Waals surface area (Å²) < 4.78 is 0. The molecular weight excluding hydrogens is 259 g/mol. The number of anilines is 1. The van der Waals surface area contributed by atoms with Gasteiger partial charge in [0.1, 0.15) is 0 Å². The molecule has 1 saturated heterocycles. The minimum atomic E-state index is -0.134. The zero-order valence-corrected chi connectivity index (χ0v) is 10.8. The van der Waals surface area contributed by atoms with Crippen LogP contribution in [-0.2, 0) is 4.79 Å². The van der Waals surface area contributed by atoms with E-state index in [-0.39, 0.29) is 5.91 Å². The van der Waals surface area contributed by atoms with Crippen LogP contribution >= 0.6 is 23.2 Å². The number of halogens is 2. The molecule has 3 nitrogen and oxygen atoms in total. The SMILES string of the molecule is CC(C(=O)Nc1cc(Cl)ccc1Cl)=C1CNC1. The molecule has 0 unspecified atom stereocenters. The summed E-state index contributed by atoms with van der Waals surface area (Å²) in [4.78, 5) is 11.9. The van der Waals surface area contributed by atoms with Crippen molar-refractivity contribution in [2.24, 2.45) is 0 Å². The molecule has 17 heavy (non-hydrogen) atoms. The summed E-state index contributed by atoms with van der Waals surface area (Å²) >= 11 is 11.8. The van der Waals surface area contributed by atoms with Gasteiger partial charge in [-0.25, -0.2) is 0 Å². The highest BCUT2D eigenvalue weighted by Gasteiger charge is 2.16. The maximum Gasteiger partial charge on any atom is 0.251 e. The summed E-state index contributed by atoms with van der Waals surface area (Å²) in [5.74, 6) is -0.134. The molecule has 0 saturated carbocycles. The van der Waals surface area contributed by atoms with Crippen molar-refractivity contribution in [3.63, 3.8) is 0 Å². The van der Waals surface area contributed by atoms with Crippen LogP contribution in [0.4, 0.5) is 5.69 Å². The Labute approximate surface area is 110 Å². The van der Waals surface area contributed by atoms with Gasteiger partial charge in [-0.3, -0.25) is 4.79 Å². The highest BCUT2D eigenvalue weighted by atomic mass is 35.5. The molecule has 5 heteroatoms. The van der Waals surface area contributed by atoms with E-state index >= 15 is 0 Å². The third kappa shape index (κ3) is 2.80. The molecule has 1 aromatic carbocycles. The Bertz CT molecular complexity index is 491. The predicted molar refractivity (Wildman–Crippen MR) is 70.7 cm³/mol. The van der Waals surface area contributed by atoms with Crippen LogP contribution in [0.1, 0.15) is 6.92 Å². The third-order valence-electron chi connectivity index (χ3n) is 2.72. The molecule has 90 valence electrons. The van der Waals surface area contributed by atoms with Gasteiger partial charge in [0, 0.05) is 23.7 Å². The van der Waals surface area contributed by atoms with Crippen molar-refractivity contribution in [1.29, 1.82) is 0 Å². The lowest BCUT2D eigenvalue weighted by molar-refractivity contribution is -0.112. The molecule has 0 aliphatic carbocycles. The molecule has 2 rings (SSSR count). The monoisotopic (exact) mass is 270 g/mol. The van der Waals surface area contributed by atoms with Gasteiger partial charge < -0.3 is 10.6 Å². The number of carbonyl (C=O) groups excluding carboxylic acids is 1. The van der Waals surface area contributed by atoms with Gasteiger partial charge in [0.15, 0.2) is 0 Å². The Morgan fingerprint density at radius 3 is 2.65 bits per heavy atom. The average Bonchev–Trinajstić information content (AvgIpc) is 2.21. The van der Waals surface area contributed by atoms with E-state index in [0.717, 1.165) is 24.2 Å². The first-order chi connectivity index (χ1) is 8.08. The molecule has 2 N–H and O–H groups in total. The lowest BCUT2D eigenvalue weighted by Crippen LogP contribution is -2.36. The lowest BCUT2D eigenvalue weighted by Gasteiger charge is -2.21. The Hall–Kier alpha value is -1.03. The number of nitrogens with one attached hydrogen (secondary N) is 2. The average molecular weight is 271 g/mol. The number of amides is 1. The Morgan fingerprint density at radius 2 is 2.06 bits per heavy atom. The van der Waals surface area contributed by atoms with Crippen molar-refractivity contribution in [1.82, 2.24) is 5.32 Å². The first-order valence-electron chi connectivity index (χ1n) is 5.23. The standard InChI is InChI=1S/C12H12Cl2N2O/c1-7(8-5-15-6-8)12(17)16-11-4-9(13)2-3-10(11)14/h2-4,15H,5-6H2,1H3,(H,16,17). The third-order valence-corrected chi connectivity index (χ3v) is 3.29. The largest absolute Gasteiger partial charge is 0.321 e. The van der Waals surface area contributed by atoms with E-state index < -0.39 is 0 Å². The van der Waals surface area contributed by atoms with Gasteiger partial charge in [0.2, 0.25) is 0 Å². The number of hydrogen-bond acceptors (Lipinski definition) is 2.